The van der Waals surface area contributed by atoms with E-state index in [0.717, 1.165) is 29.6 Å². The number of nitrogens with one attached hydrogen (secondary N) is 1. The quantitative estimate of drug-likeness (QED) is 0.771. The number of anilines is 1. The van der Waals surface area contributed by atoms with Gasteiger partial charge in [0.15, 0.2) is 0 Å². The monoisotopic (exact) mass is 292 g/mol. The lowest BCUT2D eigenvalue weighted by molar-refractivity contribution is 0.965. The zero-order valence-electron chi connectivity index (χ0n) is 10.9. The second-order valence-corrected chi connectivity index (χ2v) is 5.67. The molecule has 0 radical (unpaired) electrons. The number of benzene rings is 1. The largest absolute Gasteiger partial charge is 0.370 e. The van der Waals surface area contributed by atoms with Crippen LogP contribution in [0.15, 0.2) is 47.5 Å². The van der Waals surface area contributed by atoms with Gasteiger partial charge in [0.25, 0.3) is 0 Å². The molecular formula is C15H17ClN2S. The van der Waals surface area contributed by atoms with Gasteiger partial charge >= 0.3 is 0 Å². The number of hydrogen-bond acceptors (Lipinski definition) is 3. The second-order valence-electron chi connectivity index (χ2n) is 4.18. The molecule has 0 aliphatic carbocycles. The molecule has 100 valence electrons. The Morgan fingerprint density at radius 3 is 2.95 bits per heavy atom. The molecule has 1 aromatic heterocycles. The summed E-state index contributed by atoms with van der Waals surface area (Å²) >= 11 is 7.76. The Balaban J connectivity index is 2.02. The molecule has 0 fully saturated rings. The fourth-order valence-corrected chi connectivity index (χ4v) is 2.87. The van der Waals surface area contributed by atoms with Gasteiger partial charge < -0.3 is 5.32 Å². The highest BCUT2D eigenvalue weighted by atomic mass is 35.5. The summed E-state index contributed by atoms with van der Waals surface area (Å²) in [6.45, 7) is 3.10. The van der Waals surface area contributed by atoms with Crippen LogP contribution in [0.4, 0.5) is 5.82 Å². The number of pyridine rings is 1. The van der Waals surface area contributed by atoms with Crippen LogP contribution in [0.5, 0.6) is 0 Å². The van der Waals surface area contributed by atoms with Gasteiger partial charge in [-0.1, -0.05) is 30.7 Å². The Morgan fingerprint density at radius 2 is 2.16 bits per heavy atom. The maximum Gasteiger partial charge on any atom is 0.129 e. The molecule has 0 bridgehead atoms. The van der Waals surface area contributed by atoms with Gasteiger partial charge in [-0.2, -0.15) is 0 Å². The van der Waals surface area contributed by atoms with Crippen molar-refractivity contribution in [1.82, 2.24) is 4.98 Å². The van der Waals surface area contributed by atoms with E-state index in [4.69, 9.17) is 11.6 Å². The van der Waals surface area contributed by atoms with E-state index in [2.05, 4.69) is 29.4 Å². The average Bonchev–Trinajstić information content (AvgIpc) is 2.44. The lowest BCUT2D eigenvalue weighted by atomic mass is 10.3. The second kappa shape index (κ2) is 7.41. The minimum atomic E-state index is 0.778. The molecule has 2 nitrogen and oxygen atoms in total. The third-order valence-corrected chi connectivity index (χ3v) is 3.90. The van der Waals surface area contributed by atoms with Crippen molar-refractivity contribution < 1.29 is 0 Å². The highest BCUT2D eigenvalue weighted by Crippen LogP contribution is 2.27. The van der Waals surface area contributed by atoms with E-state index in [1.54, 1.807) is 11.8 Å². The van der Waals surface area contributed by atoms with E-state index in [1.165, 1.54) is 10.5 Å². The van der Waals surface area contributed by atoms with E-state index >= 15 is 0 Å². The molecule has 1 heterocycles. The van der Waals surface area contributed by atoms with Gasteiger partial charge in [0, 0.05) is 34.0 Å². The molecule has 2 rings (SSSR count). The van der Waals surface area contributed by atoms with Crippen molar-refractivity contribution in [2.45, 2.75) is 24.0 Å². The molecule has 0 unspecified atom stereocenters. The summed E-state index contributed by atoms with van der Waals surface area (Å²) < 4.78 is 0. The van der Waals surface area contributed by atoms with Crippen molar-refractivity contribution in [3.63, 3.8) is 0 Å². The first-order chi connectivity index (χ1) is 9.29. The first kappa shape index (κ1) is 14.2. The van der Waals surface area contributed by atoms with Crippen LogP contribution in [0.3, 0.4) is 0 Å². The van der Waals surface area contributed by atoms with Crippen LogP contribution in [0.2, 0.25) is 5.02 Å². The molecule has 0 atom stereocenters. The zero-order chi connectivity index (χ0) is 13.5. The summed E-state index contributed by atoms with van der Waals surface area (Å²) in [5, 5.41) is 4.14. The maximum atomic E-state index is 5.99. The first-order valence-electron chi connectivity index (χ1n) is 6.35. The smallest absolute Gasteiger partial charge is 0.129 e. The molecule has 0 saturated carbocycles. The van der Waals surface area contributed by atoms with Gasteiger partial charge in [-0.05, 0) is 30.7 Å². The van der Waals surface area contributed by atoms with E-state index in [9.17, 15) is 0 Å². The summed E-state index contributed by atoms with van der Waals surface area (Å²) in [6.07, 6.45) is 2.92. The zero-order valence-corrected chi connectivity index (χ0v) is 12.5. The average molecular weight is 293 g/mol. The molecule has 0 saturated heterocycles. The van der Waals surface area contributed by atoms with Gasteiger partial charge in [-0.3, -0.25) is 0 Å². The molecule has 0 spiro atoms. The summed E-state index contributed by atoms with van der Waals surface area (Å²) in [6, 6.07) is 12.0. The van der Waals surface area contributed by atoms with Gasteiger partial charge in [0.05, 0.1) is 0 Å². The third kappa shape index (κ3) is 4.44. The van der Waals surface area contributed by atoms with E-state index in [0.29, 0.717) is 0 Å². The lowest BCUT2D eigenvalue weighted by Gasteiger charge is -2.09. The Kier molecular flexibility index (Phi) is 5.55. The number of hydrogen-bond donors (Lipinski definition) is 1. The first-order valence-corrected chi connectivity index (χ1v) is 7.72. The fourth-order valence-electron chi connectivity index (χ4n) is 1.68. The minimum absolute atomic E-state index is 0.778. The van der Waals surface area contributed by atoms with Gasteiger partial charge in [0.2, 0.25) is 0 Å². The minimum Gasteiger partial charge on any atom is -0.370 e. The Hall–Kier alpha value is -1.19. The molecule has 1 aromatic carbocycles. The van der Waals surface area contributed by atoms with E-state index < -0.39 is 0 Å². The van der Waals surface area contributed by atoms with Crippen molar-refractivity contribution in [2.24, 2.45) is 0 Å². The van der Waals surface area contributed by atoms with Crippen molar-refractivity contribution in [1.29, 1.82) is 0 Å². The number of thioether (sulfide) groups is 1. The summed E-state index contributed by atoms with van der Waals surface area (Å²) in [4.78, 5) is 5.57. The fraction of sp³-hybridized carbons (Fsp3) is 0.267. The van der Waals surface area contributed by atoms with Crippen LogP contribution < -0.4 is 5.32 Å². The highest BCUT2D eigenvalue weighted by molar-refractivity contribution is 7.98. The predicted molar refractivity (Wildman–Crippen MR) is 84.0 cm³/mol. The molecule has 0 aliphatic heterocycles. The van der Waals surface area contributed by atoms with Crippen LogP contribution in [0.1, 0.15) is 18.9 Å². The van der Waals surface area contributed by atoms with Crippen LogP contribution in [0.25, 0.3) is 0 Å². The van der Waals surface area contributed by atoms with Crippen molar-refractivity contribution in [3.8, 4) is 0 Å². The molecule has 0 amide bonds. The van der Waals surface area contributed by atoms with Crippen LogP contribution in [0, 0.1) is 0 Å². The standard InChI is InChI=1S/C15H17ClN2S/c1-2-8-17-15-12(5-4-9-18-15)11-19-14-7-3-6-13(16)10-14/h3-7,9-10H,2,8,11H2,1H3,(H,17,18). The highest BCUT2D eigenvalue weighted by Gasteiger charge is 2.03. The topological polar surface area (TPSA) is 24.9 Å². The normalized spacial score (nSPS) is 10.4. The van der Waals surface area contributed by atoms with Gasteiger partial charge in [0.1, 0.15) is 5.82 Å². The van der Waals surface area contributed by atoms with Crippen molar-refractivity contribution in [2.75, 3.05) is 11.9 Å². The van der Waals surface area contributed by atoms with Crippen LogP contribution >= 0.6 is 23.4 Å². The SMILES string of the molecule is CCCNc1ncccc1CSc1cccc(Cl)c1. The Labute approximate surface area is 123 Å². The molecule has 19 heavy (non-hydrogen) atoms. The molecule has 2 aromatic rings. The summed E-state index contributed by atoms with van der Waals surface area (Å²) in [7, 11) is 0. The number of nitrogens with zero attached hydrogens (tertiary/aromatic N) is 1. The van der Waals surface area contributed by atoms with Crippen molar-refractivity contribution >= 4 is 29.2 Å². The number of rotatable bonds is 6. The van der Waals surface area contributed by atoms with E-state index in [1.807, 2.05) is 30.5 Å². The van der Waals surface area contributed by atoms with Crippen molar-refractivity contribution in [3.05, 3.63) is 53.2 Å². The summed E-state index contributed by atoms with van der Waals surface area (Å²) in [5.41, 5.74) is 1.22. The third-order valence-electron chi connectivity index (χ3n) is 2.62. The molecule has 0 aliphatic rings. The molecule has 4 heteroatoms. The van der Waals surface area contributed by atoms with Crippen LogP contribution in [-0.4, -0.2) is 11.5 Å². The summed E-state index contributed by atoms with van der Waals surface area (Å²) in [5.74, 6) is 1.87. The Morgan fingerprint density at radius 1 is 1.26 bits per heavy atom. The Bertz CT molecular complexity index is 531. The molecular weight excluding hydrogens is 276 g/mol. The van der Waals surface area contributed by atoms with Crippen LogP contribution in [-0.2, 0) is 5.75 Å². The van der Waals surface area contributed by atoms with Gasteiger partial charge in [-0.15, -0.1) is 11.8 Å². The van der Waals surface area contributed by atoms with Gasteiger partial charge in [-0.25, -0.2) is 4.98 Å². The molecule has 1 N–H and O–H groups in total. The van der Waals surface area contributed by atoms with E-state index in [-0.39, 0.29) is 0 Å². The lowest BCUT2D eigenvalue weighted by Crippen LogP contribution is -2.04. The number of aromatic nitrogens is 1. The maximum absolute atomic E-state index is 5.99. The number of halogens is 1. The predicted octanol–water partition coefficient (Wildman–Crippen LogP) is 4.85.